The fraction of sp³-hybridized carbons (Fsp3) is 0.167. The molecule has 14 heavy (non-hydrogen) atoms. The average Bonchev–Trinajstić information content (AvgIpc) is 2.17. The molecule has 0 aromatic carbocycles. The number of halogens is 2. The van der Waals surface area contributed by atoms with Gasteiger partial charge < -0.3 is 4.89 Å². The van der Waals surface area contributed by atoms with E-state index in [0.717, 1.165) is 0 Å². The minimum absolute atomic E-state index is 0.145. The van der Waals surface area contributed by atoms with Crippen molar-refractivity contribution in [2.24, 2.45) is 0 Å². The summed E-state index contributed by atoms with van der Waals surface area (Å²) >= 11 is 8.38. The number of hydrogen-bond donors (Lipinski definition) is 2. The number of rotatable bonds is 4. The van der Waals surface area contributed by atoms with Gasteiger partial charge in [-0.05, 0) is 12.1 Å². The smallest absolute Gasteiger partial charge is 0.322 e. The second-order valence-electron chi connectivity index (χ2n) is 2.32. The molecule has 0 fully saturated rings. The van der Waals surface area contributed by atoms with Crippen LogP contribution in [0.5, 0.6) is 0 Å². The van der Waals surface area contributed by atoms with Crippen molar-refractivity contribution in [3.05, 3.63) is 23.5 Å². The van der Waals surface area contributed by atoms with E-state index in [1.54, 1.807) is 6.07 Å². The lowest BCUT2D eigenvalue weighted by molar-refractivity contribution is 0.317. The molecule has 0 bridgehead atoms. The SMILES string of the molecule is O=P(O)(CBr)ONc1ccc(Cl)nc1. The summed E-state index contributed by atoms with van der Waals surface area (Å²) in [5.74, 6) is 0. The highest BCUT2D eigenvalue weighted by atomic mass is 79.9. The molecule has 1 atom stereocenters. The zero-order valence-electron chi connectivity index (χ0n) is 6.85. The van der Waals surface area contributed by atoms with E-state index < -0.39 is 7.60 Å². The molecular weight excluding hydrogens is 294 g/mol. The summed E-state index contributed by atoms with van der Waals surface area (Å²) < 4.78 is 15.5. The lowest BCUT2D eigenvalue weighted by atomic mass is 10.4. The third kappa shape index (κ3) is 3.94. The normalized spacial score (nSPS) is 14.8. The van der Waals surface area contributed by atoms with Crippen molar-refractivity contribution >= 4 is 40.8 Å². The van der Waals surface area contributed by atoms with Gasteiger partial charge in [0.1, 0.15) is 10.2 Å². The first-order valence-corrected chi connectivity index (χ1v) is 6.74. The molecule has 1 heterocycles. The topological polar surface area (TPSA) is 71.5 Å². The molecule has 0 aliphatic rings. The van der Waals surface area contributed by atoms with Gasteiger partial charge in [-0.25, -0.2) is 4.98 Å². The van der Waals surface area contributed by atoms with Gasteiger partial charge >= 0.3 is 7.60 Å². The van der Waals surface area contributed by atoms with Crippen LogP contribution in [-0.4, -0.2) is 14.9 Å². The summed E-state index contributed by atoms with van der Waals surface area (Å²) in [6, 6.07) is 3.10. The van der Waals surface area contributed by atoms with Crippen molar-refractivity contribution in [3.63, 3.8) is 0 Å². The maximum atomic E-state index is 11.0. The quantitative estimate of drug-likeness (QED) is 0.387. The minimum Gasteiger partial charge on any atom is -0.322 e. The summed E-state index contributed by atoms with van der Waals surface area (Å²) in [6.07, 6.45) is 1.39. The lowest BCUT2D eigenvalue weighted by Crippen LogP contribution is -2.00. The summed E-state index contributed by atoms with van der Waals surface area (Å²) in [5.41, 5.74) is 2.75. The standard InChI is InChI=1S/C6H7BrClN2O3P/c7-4-14(11,12)13-10-5-1-2-6(8)9-3-5/h1-3,10H,4H2,(H,11,12). The molecular formula is C6H7BrClN2O3P. The molecule has 1 rings (SSSR count). The van der Waals surface area contributed by atoms with Crippen LogP contribution in [0.15, 0.2) is 18.3 Å². The van der Waals surface area contributed by atoms with Gasteiger partial charge in [-0.3, -0.25) is 10.0 Å². The summed E-state index contributed by atoms with van der Waals surface area (Å²) in [7, 11) is -3.61. The molecule has 0 spiro atoms. The molecule has 1 aromatic rings. The maximum Gasteiger partial charge on any atom is 0.359 e. The van der Waals surface area contributed by atoms with Gasteiger partial charge in [-0.2, -0.15) is 4.62 Å². The second kappa shape index (κ2) is 5.09. The number of pyridine rings is 1. The van der Waals surface area contributed by atoms with E-state index in [4.69, 9.17) is 16.5 Å². The van der Waals surface area contributed by atoms with Crippen molar-refractivity contribution in [2.45, 2.75) is 0 Å². The van der Waals surface area contributed by atoms with E-state index in [1.165, 1.54) is 12.3 Å². The Balaban J connectivity index is 2.54. The Morgan fingerprint density at radius 1 is 1.71 bits per heavy atom. The molecule has 5 nitrogen and oxygen atoms in total. The monoisotopic (exact) mass is 300 g/mol. The second-order valence-corrected chi connectivity index (χ2v) is 5.91. The van der Waals surface area contributed by atoms with Crippen molar-refractivity contribution in [3.8, 4) is 0 Å². The van der Waals surface area contributed by atoms with Gasteiger partial charge in [-0.15, -0.1) is 0 Å². The first kappa shape index (κ1) is 11.9. The molecule has 0 aliphatic carbocycles. The van der Waals surface area contributed by atoms with Crippen molar-refractivity contribution in [1.29, 1.82) is 0 Å². The number of alkyl halides is 1. The first-order chi connectivity index (χ1) is 6.53. The third-order valence-corrected chi connectivity index (χ3v) is 3.99. The fourth-order valence-electron chi connectivity index (χ4n) is 0.585. The van der Waals surface area contributed by atoms with Gasteiger partial charge in [0.15, 0.2) is 0 Å². The van der Waals surface area contributed by atoms with Crippen LogP contribution >= 0.6 is 35.1 Å². The van der Waals surface area contributed by atoms with Crippen LogP contribution in [0, 0.1) is 0 Å². The minimum atomic E-state index is -3.61. The molecule has 0 radical (unpaired) electrons. The molecule has 1 unspecified atom stereocenters. The predicted molar refractivity (Wildman–Crippen MR) is 57.6 cm³/mol. The summed E-state index contributed by atoms with van der Waals surface area (Å²) in [5, 5.41) is 0.191. The Morgan fingerprint density at radius 2 is 2.43 bits per heavy atom. The van der Waals surface area contributed by atoms with E-state index in [2.05, 4.69) is 31.0 Å². The van der Waals surface area contributed by atoms with Gasteiger partial charge in [-0.1, -0.05) is 27.5 Å². The van der Waals surface area contributed by atoms with Crippen LogP contribution in [0.3, 0.4) is 0 Å². The van der Waals surface area contributed by atoms with E-state index in [1.807, 2.05) is 0 Å². The van der Waals surface area contributed by atoms with Crippen molar-refractivity contribution < 1.29 is 14.1 Å². The average molecular weight is 301 g/mol. The van der Waals surface area contributed by atoms with Crippen LogP contribution in [0.25, 0.3) is 0 Å². The molecule has 8 heteroatoms. The van der Waals surface area contributed by atoms with E-state index in [9.17, 15) is 4.57 Å². The van der Waals surface area contributed by atoms with E-state index >= 15 is 0 Å². The molecule has 0 amide bonds. The predicted octanol–water partition coefficient (Wildman–Crippen LogP) is 2.62. The van der Waals surface area contributed by atoms with Gasteiger partial charge in [0.05, 0.1) is 11.9 Å². The Bertz CT molecular complexity index is 347. The molecule has 0 saturated heterocycles. The number of hydrogen-bond acceptors (Lipinski definition) is 4. The zero-order valence-corrected chi connectivity index (χ0v) is 10.1. The third-order valence-electron chi connectivity index (χ3n) is 1.18. The van der Waals surface area contributed by atoms with Crippen LogP contribution < -0.4 is 5.48 Å². The molecule has 0 aliphatic heterocycles. The maximum absolute atomic E-state index is 11.0. The van der Waals surface area contributed by atoms with Gasteiger partial charge in [0.2, 0.25) is 0 Å². The van der Waals surface area contributed by atoms with Crippen molar-refractivity contribution in [2.75, 3.05) is 10.6 Å². The van der Waals surface area contributed by atoms with Crippen molar-refractivity contribution in [1.82, 2.24) is 4.98 Å². The van der Waals surface area contributed by atoms with Crippen LogP contribution in [0.4, 0.5) is 5.69 Å². The highest BCUT2D eigenvalue weighted by Crippen LogP contribution is 2.43. The summed E-state index contributed by atoms with van der Waals surface area (Å²) in [4.78, 5) is 12.8. The van der Waals surface area contributed by atoms with E-state index in [0.29, 0.717) is 10.8 Å². The first-order valence-electron chi connectivity index (χ1n) is 3.47. The van der Waals surface area contributed by atoms with E-state index in [-0.39, 0.29) is 5.07 Å². The van der Waals surface area contributed by atoms with Gasteiger partial charge in [0.25, 0.3) is 0 Å². The fourth-order valence-corrected chi connectivity index (χ4v) is 1.30. The Kier molecular flexibility index (Phi) is 4.34. The van der Waals surface area contributed by atoms with Crippen LogP contribution in [0.1, 0.15) is 0 Å². The number of aromatic nitrogens is 1. The Morgan fingerprint density at radius 3 is 2.93 bits per heavy atom. The molecule has 1 aromatic heterocycles. The summed E-state index contributed by atoms with van der Waals surface area (Å²) in [6.45, 7) is 0. The number of anilines is 1. The van der Waals surface area contributed by atoms with Crippen LogP contribution in [0.2, 0.25) is 5.15 Å². The molecule has 78 valence electrons. The van der Waals surface area contributed by atoms with Gasteiger partial charge in [0, 0.05) is 0 Å². The Hall–Kier alpha value is -0.130. The number of nitrogens with one attached hydrogen (secondary N) is 1. The highest BCUT2D eigenvalue weighted by Gasteiger charge is 2.17. The number of nitrogens with zero attached hydrogens (tertiary/aromatic N) is 1. The highest BCUT2D eigenvalue weighted by molar-refractivity contribution is 9.10. The van der Waals surface area contributed by atoms with Crippen LogP contribution in [-0.2, 0) is 9.19 Å². The largest absolute Gasteiger partial charge is 0.359 e. The molecule has 2 N–H and O–H groups in total. The lowest BCUT2D eigenvalue weighted by Gasteiger charge is -2.09. The Labute approximate surface area is 94.1 Å². The molecule has 0 saturated carbocycles. The zero-order chi connectivity index (χ0) is 10.6.